The van der Waals surface area contributed by atoms with Crippen molar-refractivity contribution >= 4 is 27.3 Å². The van der Waals surface area contributed by atoms with Gasteiger partial charge in [0.05, 0.1) is 0 Å². The molecule has 0 spiro atoms. The summed E-state index contributed by atoms with van der Waals surface area (Å²) in [7, 11) is 0. The zero-order valence-corrected chi connectivity index (χ0v) is 7.70. The molecule has 1 heterocycles. The van der Waals surface area contributed by atoms with Crippen molar-refractivity contribution in [1.82, 2.24) is 0 Å². The molecular weight excluding hydrogens is 238 g/mol. The Labute approximate surface area is 74.8 Å². The van der Waals surface area contributed by atoms with Crippen LogP contribution in [0.15, 0.2) is 17.5 Å². The molecule has 1 atom stereocenters. The monoisotopic (exact) mass is 242 g/mol. The van der Waals surface area contributed by atoms with Gasteiger partial charge in [0.1, 0.15) is 0 Å². The molecule has 0 saturated carbocycles. The third-order valence-electron chi connectivity index (χ3n) is 1.12. The Balaban J connectivity index is 2.78. The molecule has 1 rings (SSSR count). The number of hydrogen-bond acceptors (Lipinski definition) is 2. The Hall–Kier alpha value is -0.000000000000000111. The van der Waals surface area contributed by atoms with Crippen LogP contribution in [0, 0.1) is 0 Å². The van der Waals surface area contributed by atoms with E-state index in [4.69, 9.17) is 5.11 Å². The molecule has 1 aromatic rings. The van der Waals surface area contributed by atoms with Crippen LogP contribution in [0.2, 0.25) is 0 Å². The number of hydrogen-bond donors (Lipinski definition) is 1. The van der Waals surface area contributed by atoms with E-state index < -0.39 is 10.9 Å². The van der Waals surface area contributed by atoms with Gasteiger partial charge in [0.25, 0.3) is 0 Å². The molecule has 1 N–H and O–H groups in total. The van der Waals surface area contributed by atoms with Gasteiger partial charge in [-0.3, -0.25) is 0 Å². The van der Waals surface area contributed by atoms with Gasteiger partial charge in [0.15, 0.2) is 6.10 Å². The van der Waals surface area contributed by atoms with E-state index in [-0.39, 0.29) is 4.88 Å². The number of rotatable bonds is 2. The standard InChI is InChI=1S/C6H5BrF2OS/c7-6(8,9)5(10)4-2-1-3-11-4/h1-3,5,10H. The Morgan fingerprint density at radius 3 is 2.64 bits per heavy atom. The molecule has 5 heteroatoms. The van der Waals surface area contributed by atoms with Crippen molar-refractivity contribution in [3.63, 3.8) is 0 Å². The predicted molar refractivity (Wildman–Crippen MR) is 43.2 cm³/mol. The Kier molecular flexibility index (Phi) is 2.61. The lowest BCUT2D eigenvalue weighted by molar-refractivity contribution is -0.0275. The third kappa shape index (κ3) is 2.21. The maximum atomic E-state index is 12.4. The Morgan fingerprint density at radius 1 is 1.64 bits per heavy atom. The second kappa shape index (κ2) is 3.16. The van der Waals surface area contributed by atoms with E-state index in [1.54, 1.807) is 11.4 Å². The molecule has 0 aliphatic carbocycles. The molecule has 0 radical (unpaired) electrons. The fourth-order valence-electron chi connectivity index (χ4n) is 0.608. The lowest BCUT2D eigenvalue weighted by atomic mass is 10.3. The van der Waals surface area contributed by atoms with Crippen LogP contribution in [-0.2, 0) is 0 Å². The van der Waals surface area contributed by atoms with E-state index in [1.165, 1.54) is 6.07 Å². The molecule has 0 aliphatic heterocycles. The number of thiophene rings is 1. The van der Waals surface area contributed by atoms with Crippen LogP contribution in [0.1, 0.15) is 11.0 Å². The first-order valence-electron chi connectivity index (χ1n) is 2.80. The summed E-state index contributed by atoms with van der Waals surface area (Å²) in [6, 6.07) is 3.08. The molecule has 1 unspecified atom stereocenters. The summed E-state index contributed by atoms with van der Waals surface area (Å²) < 4.78 is 24.7. The van der Waals surface area contributed by atoms with E-state index in [0.717, 1.165) is 11.3 Å². The molecular formula is C6H5BrF2OS. The highest BCUT2D eigenvalue weighted by Crippen LogP contribution is 2.38. The second-order valence-corrected chi connectivity index (χ2v) is 4.00. The van der Waals surface area contributed by atoms with Crippen molar-refractivity contribution in [2.24, 2.45) is 0 Å². The summed E-state index contributed by atoms with van der Waals surface area (Å²) in [6.07, 6.45) is -1.75. The topological polar surface area (TPSA) is 20.2 Å². The summed E-state index contributed by atoms with van der Waals surface area (Å²) in [6.45, 7) is 0. The van der Waals surface area contributed by atoms with Crippen molar-refractivity contribution < 1.29 is 13.9 Å². The average molecular weight is 243 g/mol. The highest BCUT2D eigenvalue weighted by molar-refractivity contribution is 9.10. The lowest BCUT2D eigenvalue weighted by Crippen LogP contribution is -2.16. The van der Waals surface area contributed by atoms with E-state index in [9.17, 15) is 8.78 Å². The van der Waals surface area contributed by atoms with Gasteiger partial charge < -0.3 is 5.11 Å². The van der Waals surface area contributed by atoms with E-state index in [0.29, 0.717) is 0 Å². The molecule has 11 heavy (non-hydrogen) atoms. The van der Waals surface area contributed by atoms with Gasteiger partial charge in [-0.2, -0.15) is 8.78 Å². The second-order valence-electron chi connectivity index (χ2n) is 1.96. The minimum absolute atomic E-state index is 0.256. The predicted octanol–water partition coefficient (Wildman–Crippen LogP) is 2.77. The maximum absolute atomic E-state index is 12.4. The lowest BCUT2D eigenvalue weighted by Gasteiger charge is -2.13. The molecule has 0 aliphatic rings. The molecule has 62 valence electrons. The quantitative estimate of drug-likeness (QED) is 0.792. The molecule has 1 nitrogen and oxygen atoms in total. The summed E-state index contributed by atoms with van der Waals surface area (Å²) in [4.78, 5) is -2.98. The third-order valence-corrected chi connectivity index (χ3v) is 2.48. The maximum Gasteiger partial charge on any atom is 0.331 e. The van der Waals surface area contributed by atoms with E-state index in [2.05, 4.69) is 15.9 Å². The van der Waals surface area contributed by atoms with Gasteiger partial charge >= 0.3 is 4.83 Å². The number of aliphatic hydroxyl groups is 1. The van der Waals surface area contributed by atoms with Crippen molar-refractivity contribution in [2.75, 3.05) is 0 Å². The first kappa shape index (κ1) is 9.09. The summed E-state index contributed by atoms with van der Waals surface area (Å²) in [5, 5.41) is 10.6. The van der Waals surface area contributed by atoms with Crippen molar-refractivity contribution in [1.29, 1.82) is 0 Å². The minimum Gasteiger partial charge on any atom is -0.380 e. The van der Waals surface area contributed by atoms with Crippen LogP contribution in [-0.4, -0.2) is 9.94 Å². The summed E-state index contributed by atoms with van der Waals surface area (Å²) in [5.41, 5.74) is 0. The van der Waals surface area contributed by atoms with Crippen molar-refractivity contribution in [3.05, 3.63) is 22.4 Å². The van der Waals surface area contributed by atoms with Gasteiger partial charge in [-0.25, -0.2) is 0 Å². The Morgan fingerprint density at radius 2 is 2.27 bits per heavy atom. The van der Waals surface area contributed by atoms with Crippen molar-refractivity contribution in [3.8, 4) is 0 Å². The molecule has 0 fully saturated rings. The van der Waals surface area contributed by atoms with E-state index in [1.807, 2.05) is 0 Å². The highest BCUT2D eigenvalue weighted by atomic mass is 79.9. The van der Waals surface area contributed by atoms with Crippen LogP contribution >= 0.6 is 27.3 Å². The normalized spacial score (nSPS) is 14.9. The van der Waals surface area contributed by atoms with Gasteiger partial charge in [-0.15, -0.1) is 11.3 Å². The average Bonchev–Trinajstić information content (AvgIpc) is 2.34. The minimum atomic E-state index is -3.24. The largest absolute Gasteiger partial charge is 0.380 e. The number of aliphatic hydroxyl groups excluding tert-OH is 1. The molecule has 0 amide bonds. The summed E-state index contributed by atoms with van der Waals surface area (Å²) in [5.74, 6) is 0. The first-order valence-corrected chi connectivity index (χ1v) is 4.47. The number of halogens is 3. The molecule has 0 saturated heterocycles. The highest BCUT2D eigenvalue weighted by Gasteiger charge is 2.36. The first-order chi connectivity index (χ1) is 5.02. The smallest absolute Gasteiger partial charge is 0.331 e. The van der Waals surface area contributed by atoms with Crippen molar-refractivity contribution in [2.45, 2.75) is 10.9 Å². The number of alkyl halides is 3. The van der Waals surface area contributed by atoms with Gasteiger partial charge in [-0.05, 0) is 27.4 Å². The Bertz CT molecular complexity index is 219. The molecule has 1 aromatic heterocycles. The SMILES string of the molecule is OC(c1cccs1)C(F)(F)Br. The van der Waals surface area contributed by atoms with Gasteiger partial charge in [-0.1, -0.05) is 6.07 Å². The summed E-state index contributed by atoms with van der Waals surface area (Å²) >= 11 is 3.19. The van der Waals surface area contributed by atoms with Gasteiger partial charge in [0, 0.05) is 4.88 Å². The van der Waals surface area contributed by atoms with Crippen LogP contribution in [0.5, 0.6) is 0 Å². The zero-order valence-electron chi connectivity index (χ0n) is 5.30. The fourth-order valence-corrected chi connectivity index (χ4v) is 1.75. The fraction of sp³-hybridized carbons (Fsp3) is 0.333. The molecule has 0 bridgehead atoms. The van der Waals surface area contributed by atoms with E-state index >= 15 is 0 Å². The van der Waals surface area contributed by atoms with Crippen LogP contribution in [0.3, 0.4) is 0 Å². The van der Waals surface area contributed by atoms with Gasteiger partial charge in [0.2, 0.25) is 0 Å². The molecule has 0 aromatic carbocycles. The van der Waals surface area contributed by atoms with Crippen LogP contribution in [0.25, 0.3) is 0 Å². The zero-order chi connectivity index (χ0) is 8.48. The van der Waals surface area contributed by atoms with Crippen LogP contribution < -0.4 is 0 Å². The van der Waals surface area contributed by atoms with Crippen LogP contribution in [0.4, 0.5) is 8.78 Å².